The van der Waals surface area contributed by atoms with Gasteiger partial charge >= 0.3 is 0 Å². The molecule has 0 saturated heterocycles. The Morgan fingerprint density at radius 1 is 1.07 bits per heavy atom. The molecular formula is C22H24N2O3S. The molecule has 1 aliphatic heterocycles. The lowest BCUT2D eigenvalue weighted by atomic mass is 10.0. The first-order chi connectivity index (χ1) is 13.6. The first-order valence-electron chi connectivity index (χ1n) is 9.26. The van der Waals surface area contributed by atoms with E-state index in [0.29, 0.717) is 35.1 Å². The summed E-state index contributed by atoms with van der Waals surface area (Å²) < 4.78 is 5.45. The van der Waals surface area contributed by atoms with Crippen LogP contribution in [0.25, 0.3) is 0 Å². The summed E-state index contributed by atoms with van der Waals surface area (Å²) in [5.41, 5.74) is 2.10. The van der Waals surface area contributed by atoms with Crippen LogP contribution >= 0.6 is 11.8 Å². The van der Waals surface area contributed by atoms with Crippen LogP contribution in [-0.4, -0.2) is 30.7 Å². The van der Waals surface area contributed by atoms with E-state index in [4.69, 9.17) is 4.74 Å². The SMILES string of the molecule is CC1=C(C(=O)Nc2ccccc2C(=O)NC[C@@H](C)c2ccccc2)SCCO1. The summed E-state index contributed by atoms with van der Waals surface area (Å²) in [6.45, 7) is 4.97. The topological polar surface area (TPSA) is 67.4 Å². The number of carbonyl (C=O) groups excluding carboxylic acids is 2. The lowest BCUT2D eigenvalue weighted by molar-refractivity contribution is -0.112. The average Bonchev–Trinajstić information content (AvgIpc) is 2.73. The van der Waals surface area contributed by atoms with E-state index in [1.54, 1.807) is 31.2 Å². The Bertz CT molecular complexity index is 880. The van der Waals surface area contributed by atoms with Crippen molar-refractivity contribution in [3.63, 3.8) is 0 Å². The van der Waals surface area contributed by atoms with Gasteiger partial charge in [-0.15, -0.1) is 11.8 Å². The average molecular weight is 397 g/mol. The summed E-state index contributed by atoms with van der Waals surface area (Å²) in [4.78, 5) is 25.9. The Labute approximate surface area is 169 Å². The third-order valence-corrected chi connectivity index (χ3v) is 5.66. The maximum Gasteiger partial charge on any atom is 0.265 e. The molecule has 0 aliphatic carbocycles. The summed E-state index contributed by atoms with van der Waals surface area (Å²) in [7, 11) is 0. The molecule has 0 saturated carbocycles. The molecule has 2 amide bonds. The lowest BCUT2D eigenvalue weighted by Gasteiger charge is -2.19. The monoisotopic (exact) mass is 396 g/mol. The zero-order chi connectivity index (χ0) is 19.9. The van der Waals surface area contributed by atoms with Gasteiger partial charge in [0.15, 0.2) is 0 Å². The molecule has 2 aromatic carbocycles. The van der Waals surface area contributed by atoms with Gasteiger partial charge in [-0.2, -0.15) is 0 Å². The van der Waals surface area contributed by atoms with Gasteiger partial charge in [-0.3, -0.25) is 9.59 Å². The second-order valence-corrected chi connectivity index (χ2v) is 7.71. The molecule has 0 unspecified atom stereocenters. The second-order valence-electron chi connectivity index (χ2n) is 6.60. The van der Waals surface area contributed by atoms with Crippen molar-refractivity contribution in [3.8, 4) is 0 Å². The molecule has 28 heavy (non-hydrogen) atoms. The van der Waals surface area contributed by atoms with Crippen molar-refractivity contribution >= 4 is 29.3 Å². The number of para-hydroxylation sites is 1. The van der Waals surface area contributed by atoms with Gasteiger partial charge in [-0.1, -0.05) is 49.4 Å². The Hall–Kier alpha value is -2.73. The van der Waals surface area contributed by atoms with E-state index >= 15 is 0 Å². The highest BCUT2D eigenvalue weighted by molar-refractivity contribution is 8.04. The fourth-order valence-corrected chi connectivity index (χ4v) is 3.76. The summed E-state index contributed by atoms with van der Waals surface area (Å²) in [5.74, 6) is 1.08. The maximum absolute atomic E-state index is 12.7. The fraction of sp³-hybridized carbons (Fsp3) is 0.273. The van der Waals surface area contributed by atoms with E-state index in [1.807, 2.05) is 30.3 Å². The van der Waals surface area contributed by atoms with E-state index in [9.17, 15) is 9.59 Å². The first kappa shape index (κ1) is 20.0. The molecule has 0 aromatic heterocycles. The number of benzene rings is 2. The van der Waals surface area contributed by atoms with Crippen molar-refractivity contribution in [2.45, 2.75) is 19.8 Å². The van der Waals surface area contributed by atoms with Gasteiger partial charge in [0.05, 0.1) is 17.9 Å². The number of anilines is 1. The zero-order valence-electron chi connectivity index (χ0n) is 16.0. The molecule has 0 bridgehead atoms. The Balaban J connectivity index is 1.67. The van der Waals surface area contributed by atoms with E-state index in [0.717, 1.165) is 5.75 Å². The van der Waals surface area contributed by atoms with Crippen molar-refractivity contribution in [3.05, 3.63) is 76.4 Å². The number of allylic oxidation sites excluding steroid dienone is 1. The predicted octanol–water partition coefficient (Wildman–Crippen LogP) is 4.15. The molecule has 1 atom stereocenters. The van der Waals surface area contributed by atoms with Gasteiger partial charge in [0, 0.05) is 12.3 Å². The van der Waals surface area contributed by atoms with Crippen LogP contribution in [-0.2, 0) is 9.53 Å². The van der Waals surface area contributed by atoms with Gasteiger partial charge in [-0.25, -0.2) is 0 Å². The number of hydrogen-bond acceptors (Lipinski definition) is 4. The Morgan fingerprint density at radius 3 is 2.54 bits per heavy atom. The molecule has 1 aliphatic rings. The fourth-order valence-electron chi connectivity index (χ4n) is 2.94. The summed E-state index contributed by atoms with van der Waals surface area (Å²) >= 11 is 1.47. The highest BCUT2D eigenvalue weighted by Crippen LogP contribution is 2.27. The number of carbonyl (C=O) groups is 2. The van der Waals surface area contributed by atoms with Gasteiger partial charge in [0.25, 0.3) is 11.8 Å². The van der Waals surface area contributed by atoms with Crippen molar-refractivity contribution in [1.29, 1.82) is 0 Å². The molecule has 2 aromatic rings. The molecule has 0 fully saturated rings. The van der Waals surface area contributed by atoms with E-state index in [2.05, 4.69) is 17.6 Å². The minimum Gasteiger partial charge on any atom is -0.496 e. The Kier molecular flexibility index (Phi) is 6.76. The van der Waals surface area contributed by atoms with Crippen LogP contribution in [0.3, 0.4) is 0 Å². The standard InChI is InChI=1S/C22H24N2O3S/c1-15(17-8-4-3-5-9-17)14-23-21(25)18-10-6-7-11-19(18)24-22(26)20-16(2)27-12-13-28-20/h3-11,15H,12-14H2,1-2H3,(H,23,25)(H,24,26)/t15-/m1/s1. The van der Waals surface area contributed by atoms with Gasteiger partial charge in [0.1, 0.15) is 10.7 Å². The van der Waals surface area contributed by atoms with Crippen LogP contribution in [0.15, 0.2) is 65.3 Å². The number of ether oxygens (including phenoxy) is 1. The van der Waals surface area contributed by atoms with Crippen LogP contribution in [0.5, 0.6) is 0 Å². The van der Waals surface area contributed by atoms with Crippen LogP contribution in [0.2, 0.25) is 0 Å². The Morgan fingerprint density at radius 2 is 1.79 bits per heavy atom. The van der Waals surface area contributed by atoms with Crippen LogP contribution in [0, 0.1) is 0 Å². The first-order valence-corrected chi connectivity index (χ1v) is 10.2. The third kappa shape index (κ3) is 4.95. The molecule has 3 rings (SSSR count). The maximum atomic E-state index is 12.7. The highest BCUT2D eigenvalue weighted by atomic mass is 32.2. The minimum atomic E-state index is -0.250. The van der Waals surface area contributed by atoms with Gasteiger partial charge in [-0.05, 0) is 30.5 Å². The number of nitrogens with one attached hydrogen (secondary N) is 2. The van der Waals surface area contributed by atoms with Crippen LogP contribution < -0.4 is 10.6 Å². The molecule has 6 heteroatoms. The van der Waals surface area contributed by atoms with Crippen molar-refractivity contribution < 1.29 is 14.3 Å². The molecule has 0 spiro atoms. The van der Waals surface area contributed by atoms with Crippen molar-refractivity contribution in [1.82, 2.24) is 5.32 Å². The highest BCUT2D eigenvalue weighted by Gasteiger charge is 2.21. The predicted molar refractivity (Wildman–Crippen MR) is 113 cm³/mol. The van der Waals surface area contributed by atoms with Crippen LogP contribution in [0.1, 0.15) is 35.7 Å². The number of thioether (sulfide) groups is 1. The molecule has 5 nitrogen and oxygen atoms in total. The zero-order valence-corrected chi connectivity index (χ0v) is 16.8. The molecule has 2 N–H and O–H groups in total. The quantitative estimate of drug-likeness (QED) is 0.770. The largest absolute Gasteiger partial charge is 0.496 e. The van der Waals surface area contributed by atoms with Gasteiger partial charge in [0.2, 0.25) is 0 Å². The number of rotatable bonds is 6. The summed E-state index contributed by atoms with van der Waals surface area (Å²) in [6.07, 6.45) is 0. The minimum absolute atomic E-state index is 0.190. The van der Waals surface area contributed by atoms with Crippen molar-refractivity contribution in [2.75, 3.05) is 24.2 Å². The molecular weight excluding hydrogens is 372 g/mol. The van der Waals surface area contributed by atoms with E-state index < -0.39 is 0 Å². The van der Waals surface area contributed by atoms with E-state index in [1.165, 1.54) is 17.3 Å². The third-order valence-electron chi connectivity index (χ3n) is 4.53. The van der Waals surface area contributed by atoms with E-state index in [-0.39, 0.29) is 17.7 Å². The second kappa shape index (κ2) is 9.46. The summed E-state index contributed by atoms with van der Waals surface area (Å²) in [5, 5.41) is 5.82. The molecule has 0 radical (unpaired) electrons. The number of hydrogen-bond donors (Lipinski definition) is 2. The number of amides is 2. The van der Waals surface area contributed by atoms with Gasteiger partial charge < -0.3 is 15.4 Å². The summed E-state index contributed by atoms with van der Waals surface area (Å²) in [6, 6.07) is 17.1. The molecule has 1 heterocycles. The lowest BCUT2D eigenvalue weighted by Crippen LogP contribution is -2.29. The van der Waals surface area contributed by atoms with Crippen molar-refractivity contribution in [2.24, 2.45) is 0 Å². The molecule has 146 valence electrons. The normalized spacial score (nSPS) is 14.8. The smallest absolute Gasteiger partial charge is 0.265 e. The van der Waals surface area contributed by atoms with Crippen LogP contribution in [0.4, 0.5) is 5.69 Å².